The monoisotopic (exact) mass is 212 g/mol. The summed E-state index contributed by atoms with van der Waals surface area (Å²) in [5, 5.41) is 0. The average Bonchev–Trinajstić information content (AvgIpc) is 2.98. The number of furan rings is 1. The Balaban J connectivity index is 1.96. The van der Waals surface area contributed by atoms with Gasteiger partial charge in [0.05, 0.1) is 11.8 Å². The molecule has 1 unspecified atom stereocenters. The number of fused-ring (bicyclic) bond motifs is 1. The lowest BCUT2D eigenvalue weighted by molar-refractivity contribution is 0.0959. The minimum atomic E-state index is 0.0220. The van der Waals surface area contributed by atoms with Crippen molar-refractivity contribution in [3.63, 3.8) is 0 Å². The van der Waals surface area contributed by atoms with E-state index in [1.54, 1.807) is 12.3 Å². The van der Waals surface area contributed by atoms with Crippen LogP contribution in [0.4, 0.5) is 0 Å². The second-order valence-electron chi connectivity index (χ2n) is 4.17. The number of ketones is 1. The molecule has 0 radical (unpaired) electrons. The van der Waals surface area contributed by atoms with Crippen LogP contribution in [0.15, 0.2) is 47.3 Å². The van der Waals surface area contributed by atoms with E-state index in [2.05, 4.69) is 12.1 Å². The van der Waals surface area contributed by atoms with Crippen LogP contribution in [0.5, 0.6) is 0 Å². The van der Waals surface area contributed by atoms with E-state index in [9.17, 15) is 4.79 Å². The van der Waals surface area contributed by atoms with Gasteiger partial charge in [0.15, 0.2) is 5.78 Å². The normalized spacial score (nSPS) is 18.4. The molecule has 2 aromatic rings. The summed E-state index contributed by atoms with van der Waals surface area (Å²) in [4.78, 5) is 12.2. The van der Waals surface area contributed by atoms with Gasteiger partial charge in [-0.05, 0) is 30.0 Å². The van der Waals surface area contributed by atoms with Gasteiger partial charge < -0.3 is 4.42 Å². The van der Waals surface area contributed by atoms with Gasteiger partial charge in [0.1, 0.15) is 6.26 Å². The minimum absolute atomic E-state index is 0.0220. The first-order valence-corrected chi connectivity index (χ1v) is 5.50. The standard InChI is InChI=1S/C14H12O2/c15-14(11-7-8-16-9-11)13-6-5-10-3-1-2-4-12(10)13/h1-4,7-9,13H,5-6H2. The van der Waals surface area contributed by atoms with Crippen LogP contribution in [0.2, 0.25) is 0 Å². The molecule has 1 heterocycles. The summed E-state index contributed by atoms with van der Waals surface area (Å²) in [6, 6.07) is 9.94. The van der Waals surface area contributed by atoms with Crippen molar-refractivity contribution in [1.29, 1.82) is 0 Å². The first-order valence-electron chi connectivity index (χ1n) is 5.50. The molecule has 1 atom stereocenters. The van der Waals surface area contributed by atoms with Crippen LogP contribution in [-0.4, -0.2) is 5.78 Å². The Kier molecular flexibility index (Phi) is 2.13. The molecule has 3 rings (SSSR count). The van der Waals surface area contributed by atoms with Gasteiger partial charge in [0, 0.05) is 5.92 Å². The van der Waals surface area contributed by atoms with Crippen molar-refractivity contribution in [2.45, 2.75) is 18.8 Å². The summed E-state index contributed by atoms with van der Waals surface area (Å²) in [5.41, 5.74) is 3.18. The van der Waals surface area contributed by atoms with E-state index in [1.165, 1.54) is 17.4 Å². The van der Waals surface area contributed by atoms with Gasteiger partial charge in [-0.15, -0.1) is 0 Å². The molecule has 0 spiro atoms. The number of hydrogen-bond donors (Lipinski definition) is 0. The van der Waals surface area contributed by atoms with Crippen molar-refractivity contribution in [2.75, 3.05) is 0 Å². The molecule has 1 aromatic heterocycles. The van der Waals surface area contributed by atoms with Gasteiger partial charge in [-0.25, -0.2) is 0 Å². The summed E-state index contributed by atoms with van der Waals surface area (Å²) in [6.07, 6.45) is 5.01. The third-order valence-corrected chi connectivity index (χ3v) is 3.26. The van der Waals surface area contributed by atoms with Crippen LogP contribution < -0.4 is 0 Å². The van der Waals surface area contributed by atoms with Crippen molar-refractivity contribution in [1.82, 2.24) is 0 Å². The van der Waals surface area contributed by atoms with E-state index in [0.29, 0.717) is 5.56 Å². The molecular formula is C14H12O2. The van der Waals surface area contributed by atoms with Gasteiger partial charge in [0.2, 0.25) is 0 Å². The van der Waals surface area contributed by atoms with Crippen molar-refractivity contribution in [3.05, 3.63) is 59.5 Å². The average molecular weight is 212 g/mol. The van der Waals surface area contributed by atoms with E-state index < -0.39 is 0 Å². The lowest BCUT2D eigenvalue weighted by atomic mass is 9.93. The first kappa shape index (κ1) is 9.40. The highest BCUT2D eigenvalue weighted by molar-refractivity contribution is 6.01. The van der Waals surface area contributed by atoms with Gasteiger partial charge in [-0.3, -0.25) is 4.79 Å². The van der Waals surface area contributed by atoms with Gasteiger partial charge >= 0.3 is 0 Å². The zero-order valence-corrected chi connectivity index (χ0v) is 8.85. The smallest absolute Gasteiger partial charge is 0.173 e. The molecule has 0 bridgehead atoms. The molecule has 2 nitrogen and oxygen atoms in total. The van der Waals surface area contributed by atoms with Gasteiger partial charge in [-0.2, -0.15) is 0 Å². The zero-order valence-electron chi connectivity index (χ0n) is 8.85. The summed E-state index contributed by atoms with van der Waals surface area (Å²) in [6.45, 7) is 0. The van der Waals surface area contributed by atoms with Crippen LogP contribution in [-0.2, 0) is 6.42 Å². The maximum Gasteiger partial charge on any atom is 0.173 e. The molecule has 0 fully saturated rings. The van der Waals surface area contributed by atoms with E-state index in [-0.39, 0.29) is 11.7 Å². The quantitative estimate of drug-likeness (QED) is 0.715. The fourth-order valence-corrected chi connectivity index (χ4v) is 2.44. The van der Waals surface area contributed by atoms with Crippen molar-refractivity contribution < 1.29 is 9.21 Å². The molecule has 0 aliphatic heterocycles. The number of carbonyl (C=O) groups is 1. The van der Waals surface area contributed by atoms with E-state index in [0.717, 1.165) is 12.8 Å². The molecule has 0 saturated carbocycles. The molecule has 1 aromatic carbocycles. The SMILES string of the molecule is O=C(c1ccoc1)C1CCc2ccccc21. The highest BCUT2D eigenvalue weighted by Crippen LogP contribution is 2.35. The topological polar surface area (TPSA) is 30.2 Å². The van der Waals surface area contributed by atoms with Crippen LogP contribution in [0.1, 0.15) is 33.8 Å². The fourth-order valence-electron chi connectivity index (χ4n) is 2.44. The van der Waals surface area contributed by atoms with E-state index >= 15 is 0 Å². The van der Waals surface area contributed by atoms with E-state index in [1.807, 2.05) is 12.1 Å². The summed E-state index contributed by atoms with van der Waals surface area (Å²) < 4.78 is 4.96. The Bertz CT molecular complexity index is 511. The summed E-state index contributed by atoms with van der Waals surface area (Å²) >= 11 is 0. The minimum Gasteiger partial charge on any atom is -0.472 e. The zero-order chi connectivity index (χ0) is 11.0. The second-order valence-corrected chi connectivity index (χ2v) is 4.17. The van der Waals surface area contributed by atoms with Crippen LogP contribution in [0, 0.1) is 0 Å². The van der Waals surface area contributed by atoms with Crippen molar-refractivity contribution in [2.24, 2.45) is 0 Å². The molecule has 1 aliphatic carbocycles. The second kappa shape index (κ2) is 3.63. The highest BCUT2D eigenvalue weighted by atomic mass is 16.3. The number of Topliss-reactive ketones (excluding diaryl/α,β-unsaturated/α-hetero) is 1. The molecule has 1 aliphatic rings. The molecule has 0 N–H and O–H groups in total. The number of hydrogen-bond acceptors (Lipinski definition) is 2. The third kappa shape index (κ3) is 1.38. The Morgan fingerprint density at radius 3 is 2.94 bits per heavy atom. The Labute approximate surface area is 93.9 Å². The molecule has 0 amide bonds. The fraction of sp³-hybridized carbons (Fsp3) is 0.214. The molecular weight excluding hydrogens is 200 g/mol. The Morgan fingerprint density at radius 2 is 2.12 bits per heavy atom. The first-order chi connectivity index (χ1) is 7.86. The lowest BCUT2D eigenvalue weighted by Gasteiger charge is -2.08. The molecule has 0 saturated heterocycles. The predicted octanol–water partition coefficient (Wildman–Crippen LogP) is 3.19. The Hall–Kier alpha value is -1.83. The van der Waals surface area contributed by atoms with Crippen LogP contribution >= 0.6 is 0 Å². The third-order valence-electron chi connectivity index (χ3n) is 3.26. The van der Waals surface area contributed by atoms with Crippen molar-refractivity contribution >= 4 is 5.78 Å². The summed E-state index contributed by atoms with van der Waals surface area (Å²) in [5.74, 6) is 0.201. The number of carbonyl (C=O) groups excluding carboxylic acids is 1. The lowest BCUT2D eigenvalue weighted by Crippen LogP contribution is -2.08. The number of aryl methyl sites for hydroxylation is 1. The van der Waals surface area contributed by atoms with Crippen molar-refractivity contribution in [3.8, 4) is 0 Å². The highest BCUT2D eigenvalue weighted by Gasteiger charge is 2.29. The predicted molar refractivity (Wildman–Crippen MR) is 60.5 cm³/mol. The largest absolute Gasteiger partial charge is 0.472 e. The van der Waals surface area contributed by atoms with Crippen LogP contribution in [0.3, 0.4) is 0 Å². The maximum absolute atomic E-state index is 12.2. The molecule has 80 valence electrons. The molecule has 2 heteroatoms. The maximum atomic E-state index is 12.2. The van der Waals surface area contributed by atoms with Gasteiger partial charge in [-0.1, -0.05) is 24.3 Å². The number of benzene rings is 1. The van der Waals surface area contributed by atoms with E-state index in [4.69, 9.17) is 4.42 Å². The van der Waals surface area contributed by atoms with Gasteiger partial charge in [0.25, 0.3) is 0 Å². The summed E-state index contributed by atoms with van der Waals surface area (Å²) in [7, 11) is 0. The Morgan fingerprint density at radius 1 is 1.25 bits per heavy atom. The number of rotatable bonds is 2. The van der Waals surface area contributed by atoms with Crippen LogP contribution in [0.25, 0.3) is 0 Å². The molecule has 16 heavy (non-hydrogen) atoms.